The zero-order valence-electron chi connectivity index (χ0n) is 16.6. The number of hydrogen-bond donors (Lipinski definition) is 1. The Morgan fingerprint density at radius 3 is 2.21 bits per heavy atom. The SMILES string of the molecule is CCC/C=C/CCCCC(=O)N(CC)CC[N+](CC)(CC)CCO. The molecule has 0 aromatic carbocycles. The number of nitrogens with zero attached hydrogens (tertiary/aromatic N) is 2. The molecule has 1 N–H and O–H groups in total. The Morgan fingerprint density at radius 1 is 1.00 bits per heavy atom. The van der Waals surface area contributed by atoms with Crippen LogP contribution < -0.4 is 0 Å². The van der Waals surface area contributed by atoms with Gasteiger partial charge in [-0.2, -0.15) is 0 Å². The van der Waals surface area contributed by atoms with Crippen molar-refractivity contribution in [2.45, 2.75) is 66.2 Å². The van der Waals surface area contributed by atoms with Crippen molar-refractivity contribution in [3.8, 4) is 0 Å². The second-order valence-electron chi connectivity index (χ2n) is 6.62. The van der Waals surface area contributed by atoms with Crippen LogP contribution in [0.25, 0.3) is 0 Å². The molecule has 0 bridgehead atoms. The number of rotatable bonds is 15. The number of carbonyl (C=O) groups excluding carboxylic acids is 1. The highest BCUT2D eigenvalue weighted by Gasteiger charge is 2.24. The Bertz CT molecular complexity index is 339. The van der Waals surface area contributed by atoms with E-state index in [1.165, 1.54) is 6.42 Å². The first kappa shape index (κ1) is 23.1. The number of aliphatic hydroxyl groups excluding tert-OH is 1. The molecule has 0 aliphatic carbocycles. The Labute approximate surface area is 150 Å². The van der Waals surface area contributed by atoms with E-state index < -0.39 is 0 Å². The summed E-state index contributed by atoms with van der Waals surface area (Å²) >= 11 is 0. The van der Waals surface area contributed by atoms with Crippen molar-refractivity contribution in [3.63, 3.8) is 0 Å². The molecule has 0 rings (SSSR count). The molecule has 0 aromatic rings. The lowest BCUT2D eigenvalue weighted by Gasteiger charge is -2.38. The van der Waals surface area contributed by atoms with E-state index in [-0.39, 0.29) is 12.5 Å². The van der Waals surface area contributed by atoms with E-state index in [4.69, 9.17) is 0 Å². The van der Waals surface area contributed by atoms with Gasteiger partial charge >= 0.3 is 0 Å². The number of unbranched alkanes of at least 4 members (excludes halogenated alkanes) is 3. The maximum absolute atomic E-state index is 12.4. The number of quaternary nitrogens is 1. The van der Waals surface area contributed by atoms with Crippen molar-refractivity contribution in [1.29, 1.82) is 0 Å². The molecule has 0 fully saturated rings. The second kappa shape index (κ2) is 14.5. The van der Waals surface area contributed by atoms with Crippen LogP contribution in [-0.4, -0.2) is 66.3 Å². The zero-order valence-corrected chi connectivity index (χ0v) is 16.6. The fourth-order valence-electron chi connectivity index (χ4n) is 3.07. The van der Waals surface area contributed by atoms with E-state index >= 15 is 0 Å². The number of carbonyl (C=O) groups is 1. The summed E-state index contributed by atoms with van der Waals surface area (Å²) in [6.07, 6.45) is 10.7. The van der Waals surface area contributed by atoms with Gasteiger partial charge in [0.1, 0.15) is 6.54 Å². The topological polar surface area (TPSA) is 40.5 Å². The smallest absolute Gasteiger partial charge is 0.222 e. The van der Waals surface area contributed by atoms with Gasteiger partial charge in [0.2, 0.25) is 5.91 Å². The molecule has 0 radical (unpaired) electrons. The standard InChI is InChI=1S/C20H41N2O2/c1-5-9-10-11-12-13-14-15-20(24)21(6-2)16-17-22(7-3,8-4)18-19-23/h10-11,23H,5-9,12-19H2,1-4H3/q+1/b11-10+. The first-order valence-electron chi connectivity index (χ1n) is 9.97. The molecule has 0 aliphatic heterocycles. The molecule has 0 unspecified atom stereocenters. The van der Waals surface area contributed by atoms with Crippen LogP contribution in [0.15, 0.2) is 12.2 Å². The van der Waals surface area contributed by atoms with Gasteiger partial charge in [0.15, 0.2) is 0 Å². The van der Waals surface area contributed by atoms with Crippen LogP contribution in [0, 0.1) is 0 Å². The highest BCUT2D eigenvalue weighted by Crippen LogP contribution is 2.09. The summed E-state index contributed by atoms with van der Waals surface area (Å²) in [4.78, 5) is 14.4. The molecule has 24 heavy (non-hydrogen) atoms. The summed E-state index contributed by atoms with van der Waals surface area (Å²) in [6, 6.07) is 0. The van der Waals surface area contributed by atoms with Gasteiger partial charge in [-0.15, -0.1) is 0 Å². The lowest BCUT2D eigenvalue weighted by atomic mass is 10.1. The van der Waals surface area contributed by atoms with E-state index in [9.17, 15) is 9.90 Å². The van der Waals surface area contributed by atoms with Crippen LogP contribution in [0.1, 0.15) is 66.2 Å². The van der Waals surface area contributed by atoms with Crippen LogP contribution >= 0.6 is 0 Å². The first-order valence-corrected chi connectivity index (χ1v) is 9.97. The van der Waals surface area contributed by atoms with Crippen molar-refractivity contribution in [2.24, 2.45) is 0 Å². The van der Waals surface area contributed by atoms with Crippen molar-refractivity contribution >= 4 is 5.91 Å². The highest BCUT2D eigenvalue weighted by molar-refractivity contribution is 5.76. The van der Waals surface area contributed by atoms with Crippen molar-refractivity contribution < 1.29 is 14.4 Å². The summed E-state index contributed by atoms with van der Waals surface area (Å²) in [5.74, 6) is 0.282. The summed E-state index contributed by atoms with van der Waals surface area (Å²) in [7, 11) is 0. The van der Waals surface area contributed by atoms with Gasteiger partial charge < -0.3 is 14.5 Å². The molecule has 0 saturated carbocycles. The minimum Gasteiger partial charge on any atom is -0.391 e. The van der Waals surface area contributed by atoms with Gasteiger partial charge in [0.25, 0.3) is 0 Å². The van der Waals surface area contributed by atoms with Gasteiger partial charge in [0, 0.05) is 13.0 Å². The minimum atomic E-state index is 0.216. The van der Waals surface area contributed by atoms with Crippen LogP contribution in [0.2, 0.25) is 0 Å². The van der Waals surface area contributed by atoms with Crippen LogP contribution in [0.3, 0.4) is 0 Å². The number of aliphatic hydroxyl groups is 1. The third kappa shape index (κ3) is 9.43. The summed E-state index contributed by atoms with van der Waals surface area (Å²) < 4.78 is 0.891. The minimum absolute atomic E-state index is 0.216. The van der Waals surface area contributed by atoms with Gasteiger partial charge in [-0.1, -0.05) is 25.5 Å². The van der Waals surface area contributed by atoms with Crippen molar-refractivity contribution in [1.82, 2.24) is 4.90 Å². The summed E-state index contributed by atoms with van der Waals surface area (Å²) in [5, 5.41) is 9.31. The molecule has 4 heteroatoms. The van der Waals surface area contributed by atoms with Gasteiger partial charge in [-0.3, -0.25) is 4.79 Å². The number of likely N-dealkylation sites (N-methyl/N-ethyl adjacent to an activating group) is 2. The maximum Gasteiger partial charge on any atom is 0.222 e. The van der Waals surface area contributed by atoms with Crippen molar-refractivity contribution in [2.75, 3.05) is 45.9 Å². The van der Waals surface area contributed by atoms with E-state index in [0.29, 0.717) is 6.42 Å². The molecule has 142 valence electrons. The van der Waals surface area contributed by atoms with E-state index in [0.717, 1.165) is 69.4 Å². The molecule has 0 heterocycles. The third-order valence-electron chi connectivity index (χ3n) is 5.13. The fraction of sp³-hybridized carbons (Fsp3) is 0.850. The quantitative estimate of drug-likeness (QED) is 0.281. The number of allylic oxidation sites excluding steroid dienone is 2. The zero-order chi connectivity index (χ0) is 18.3. The molecule has 1 amide bonds. The molecule has 0 saturated heterocycles. The Hall–Kier alpha value is -0.870. The third-order valence-corrected chi connectivity index (χ3v) is 5.13. The fourth-order valence-corrected chi connectivity index (χ4v) is 3.07. The predicted molar refractivity (Wildman–Crippen MR) is 103 cm³/mol. The summed E-state index contributed by atoms with van der Waals surface area (Å²) in [5.41, 5.74) is 0. The second-order valence-corrected chi connectivity index (χ2v) is 6.62. The van der Waals surface area contributed by atoms with E-state index in [1.54, 1.807) is 0 Å². The Morgan fingerprint density at radius 2 is 1.67 bits per heavy atom. The van der Waals surface area contributed by atoms with Crippen LogP contribution in [0.5, 0.6) is 0 Å². The Balaban J connectivity index is 4.20. The summed E-state index contributed by atoms with van der Waals surface area (Å²) in [6.45, 7) is 14.1. The van der Waals surface area contributed by atoms with Gasteiger partial charge in [-0.05, 0) is 46.5 Å². The average Bonchev–Trinajstić information content (AvgIpc) is 2.60. The largest absolute Gasteiger partial charge is 0.391 e. The molecular formula is C20H41N2O2+. The van der Waals surface area contributed by atoms with Crippen LogP contribution in [-0.2, 0) is 4.79 Å². The maximum atomic E-state index is 12.4. The first-order chi connectivity index (χ1) is 11.6. The monoisotopic (exact) mass is 341 g/mol. The van der Waals surface area contributed by atoms with Gasteiger partial charge in [0.05, 0.1) is 32.8 Å². The average molecular weight is 342 g/mol. The van der Waals surface area contributed by atoms with Crippen molar-refractivity contribution in [3.05, 3.63) is 12.2 Å². The normalized spacial score (nSPS) is 12.0. The molecule has 0 atom stereocenters. The highest BCUT2D eigenvalue weighted by atomic mass is 16.3. The molecule has 0 aromatic heterocycles. The molecular weight excluding hydrogens is 300 g/mol. The van der Waals surface area contributed by atoms with Crippen LogP contribution in [0.4, 0.5) is 0 Å². The van der Waals surface area contributed by atoms with E-state index in [2.05, 4.69) is 39.8 Å². The number of amides is 1. The predicted octanol–water partition coefficient (Wildman–Crippen LogP) is 3.60. The number of hydrogen-bond acceptors (Lipinski definition) is 2. The Kier molecular flexibility index (Phi) is 13.9. The lowest BCUT2D eigenvalue weighted by Crippen LogP contribution is -2.53. The molecule has 4 nitrogen and oxygen atoms in total. The van der Waals surface area contributed by atoms with E-state index in [1.807, 2.05) is 4.90 Å². The lowest BCUT2D eigenvalue weighted by molar-refractivity contribution is -0.924. The molecule has 0 spiro atoms. The van der Waals surface area contributed by atoms with Gasteiger partial charge in [-0.25, -0.2) is 0 Å². The molecule has 0 aliphatic rings.